The minimum absolute atomic E-state index is 0.000332. The maximum absolute atomic E-state index is 13.2. The lowest BCUT2D eigenvalue weighted by molar-refractivity contribution is -0.136. The minimum atomic E-state index is -1.13. The molecule has 0 amide bonds. The molecule has 2 heterocycles. The standard InChI is InChI=1S/C12H7FN2O4/c13-5-1-2-7-6(3-5)11-10(12(18)15-14-11)8(19-7)4-9(16)17/h1-3H,4H2,(H,15,18)(H,16,17). The van der Waals surface area contributed by atoms with Crippen molar-refractivity contribution in [2.45, 2.75) is 6.42 Å². The van der Waals surface area contributed by atoms with E-state index in [9.17, 15) is 14.0 Å². The van der Waals surface area contributed by atoms with Crippen molar-refractivity contribution < 1.29 is 18.7 Å². The molecule has 2 aliphatic heterocycles. The summed E-state index contributed by atoms with van der Waals surface area (Å²) in [6, 6.07) is 3.74. The Morgan fingerprint density at radius 3 is 3.00 bits per heavy atom. The summed E-state index contributed by atoms with van der Waals surface area (Å²) in [5.41, 5.74) is -0.0275. The van der Waals surface area contributed by atoms with Gasteiger partial charge in [-0.1, -0.05) is 0 Å². The zero-order valence-corrected chi connectivity index (χ0v) is 9.44. The Kier molecular flexibility index (Phi) is 2.34. The highest BCUT2D eigenvalue weighted by Crippen LogP contribution is 2.31. The van der Waals surface area contributed by atoms with Crippen molar-refractivity contribution in [3.8, 4) is 11.3 Å². The van der Waals surface area contributed by atoms with Crippen molar-refractivity contribution in [1.82, 2.24) is 10.2 Å². The number of fused-ring (bicyclic) bond motifs is 3. The van der Waals surface area contributed by atoms with Crippen molar-refractivity contribution >= 4 is 16.9 Å². The van der Waals surface area contributed by atoms with Crippen LogP contribution in [0.5, 0.6) is 0 Å². The molecule has 0 atom stereocenters. The number of nitrogens with zero attached hydrogens (tertiary/aromatic N) is 1. The summed E-state index contributed by atoms with van der Waals surface area (Å²) < 4.78 is 18.6. The van der Waals surface area contributed by atoms with Gasteiger partial charge in [0.05, 0.1) is 0 Å². The summed E-state index contributed by atoms with van der Waals surface area (Å²) in [6.07, 6.45) is -0.446. The third-order valence-corrected chi connectivity index (χ3v) is 2.75. The van der Waals surface area contributed by atoms with Crippen LogP contribution in [0.3, 0.4) is 0 Å². The maximum Gasteiger partial charge on any atom is 0.311 e. The summed E-state index contributed by atoms with van der Waals surface area (Å²) in [5.74, 6) is -1.63. The minimum Gasteiger partial charge on any atom is -0.481 e. The van der Waals surface area contributed by atoms with Crippen molar-refractivity contribution in [3.05, 3.63) is 40.1 Å². The lowest BCUT2D eigenvalue weighted by Gasteiger charge is -2.07. The predicted molar refractivity (Wildman–Crippen MR) is 62.5 cm³/mol. The first-order valence-corrected chi connectivity index (χ1v) is 5.37. The Labute approximate surface area is 104 Å². The normalized spacial score (nSPS) is 11.2. The van der Waals surface area contributed by atoms with E-state index in [2.05, 4.69) is 10.2 Å². The van der Waals surface area contributed by atoms with E-state index in [0.717, 1.165) is 0 Å². The molecule has 0 aliphatic carbocycles. The molecule has 0 saturated carbocycles. The molecule has 0 radical (unpaired) electrons. The summed E-state index contributed by atoms with van der Waals surface area (Å²) in [4.78, 5) is 22.4. The SMILES string of the molecule is O=C(O)Cc1oc2ccc(F)cc2c2n[nH]c(=O)c1-2. The number of aromatic nitrogens is 2. The molecule has 96 valence electrons. The molecular weight excluding hydrogens is 255 g/mol. The van der Waals surface area contributed by atoms with Gasteiger partial charge in [-0.3, -0.25) is 9.59 Å². The quantitative estimate of drug-likeness (QED) is 0.727. The number of H-pyrrole nitrogens is 1. The maximum atomic E-state index is 13.2. The van der Waals surface area contributed by atoms with Gasteiger partial charge in [0.2, 0.25) is 0 Å². The van der Waals surface area contributed by atoms with Gasteiger partial charge in [-0.05, 0) is 18.2 Å². The van der Waals surface area contributed by atoms with E-state index in [0.29, 0.717) is 5.39 Å². The van der Waals surface area contributed by atoms with Gasteiger partial charge < -0.3 is 9.52 Å². The molecule has 1 aromatic rings. The summed E-state index contributed by atoms with van der Waals surface area (Å²) in [5, 5.41) is 15.2. The van der Waals surface area contributed by atoms with Gasteiger partial charge in [0.25, 0.3) is 5.56 Å². The van der Waals surface area contributed by atoms with Gasteiger partial charge >= 0.3 is 5.97 Å². The van der Waals surface area contributed by atoms with E-state index < -0.39 is 23.8 Å². The Morgan fingerprint density at radius 2 is 2.26 bits per heavy atom. The number of rotatable bonds is 2. The van der Waals surface area contributed by atoms with Crippen LogP contribution in [0.1, 0.15) is 5.76 Å². The van der Waals surface area contributed by atoms with E-state index in [4.69, 9.17) is 9.52 Å². The Hall–Kier alpha value is -2.70. The molecule has 6 nitrogen and oxygen atoms in total. The Balaban J connectivity index is 2.42. The highest BCUT2D eigenvalue weighted by atomic mass is 19.1. The van der Waals surface area contributed by atoms with E-state index >= 15 is 0 Å². The van der Waals surface area contributed by atoms with Crippen LogP contribution in [0, 0.1) is 5.82 Å². The van der Waals surface area contributed by atoms with Crippen LogP contribution in [-0.4, -0.2) is 21.3 Å². The second-order valence-corrected chi connectivity index (χ2v) is 4.01. The lowest BCUT2D eigenvalue weighted by atomic mass is 10.1. The molecule has 19 heavy (non-hydrogen) atoms. The van der Waals surface area contributed by atoms with Gasteiger partial charge in [0.15, 0.2) is 0 Å². The van der Waals surface area contributed by atoms with E-state index in [1.54, 1.807) is 0 Å². The number of nitrogens with one attached hydrogen (secondary N) is 1. The van der Waals surface area contributed by atoms with Gasteiger partial charge in [0.1, 0.15) is 34.8 Å². The van der Waals surface area contributed by atoms with E-state index in [1.165, 1.54) is 18.2 Å². The third kappa shape index (κ3) is 1.75. The first-order valence-electron chi connectivity index (χ1n) is 5.37. The first kappa shape index (κ1) is 11.4. The Morgan fingerprint density at radius 1 is 1.47 bits per heavy atom. The number of benzene rings is 1. The molecule has 0 bridgehead atoms. The molecule has 7 heteroatoms. The monoisotopic (exact) mass is 262 g/mol. The average Bonchev–Trinajstić information content (AvgIpc) is 2.72. The van der Waals surface area contributed by atoms with Crippen molar-refractivity contribution in [2.75, 3.05) is 0 Å². The van der Waals surface area contributed by atoms with Gasteiger partial charge in [-0.15, -0.1) is 0 Å². The molecular formula is C12H7FN2O4. The first-order chi connectivity index (χ1) is 9.06. The van der Waals surface area contributed by atoms with Gasteiger partial charge in [-0.25, -0.2) is 9.49 Å². The summed E-state index contributed by atoms with van der Waals surface area (Å²) in [7, 11) is 0. The van der Waals surface area contributed by atoms with E-state index in [-0.39, 0.29) is 22.6 Å². The van der Waals surface area contributed by atoms with Crippen LogP contribution in [0.15, 0.2) is 27.4 Å². The summed E-state index contributed by atoms with van der Waals surface area (Å²) in [6.45, 7) is 0. The molecule has 3 rings (SSSR count). The van der Waals surface area contributed by atoms with Crippen LogP contribution in [0.4, 0.5) is 4.39 Å². The number of aromatic amines is 1. The van der Waals surface area contributed by atoms with Crippen molar-refractivity contribution in [1.29, 1.82) is 0 Å². The number of hydrogen-bond donors (Lipinski definition) is 2. The van der Waals surface area contributed by atoms with Gasteiger partial charge in [-0.2, -0.15) is 5.10 Å². The van der Waals surface area contributed by atoms with Crippen molar-refractivity contribution in [3.63, 3.8) is 0 Å². The van der Waals surface area contributed by atoms with Crippen LogP contribution in [-0.2, 0) is 11.2 Å². The fourth-order valence-corrected chi connectivity index (χ4v) is 2.00. The molecule has 2 aliphatic rings. The van der Waals surface area contributed by atoms with Crippen LogP contribution in [0.2, 0.25) is 0 Å². The molecule has 0 aromatic heterocycles. The summed E-state index contributed by atoms with van der Waals surface area (Å²) >= 11 is 0. The number of carboxylic acid groups (broad SMARTS) is 1. The predicted octanol–water partition coefficient (Wildman–Crippen LogP) is 1.39. The Bertz CT molecular complexity index is 820. The van der Waals surface area contributed by atoms with Crippen LogP contribution in [0.25, 0.3) is 22.2 Å². The van der Waals surface area contributed by atoms with Crippen LogP contribution >= 0.6 is 0 Å². The number of carbonyl (C=O) groups is 1. The number of aliphatic carboxylic acids is 1. The zero-order chi connectivity index (χ0) is 13.6. The molecule has 2 N–H and O–H groups in total. The molecule has 0 fully saturated rings. The second kappa shape index (κ2) is 3.91. The third-order valence-electron chi connectivity index (χ3n) is 2.75. The molecule has 0 unspecified atom stereocenters. The number of hydrogen-bond acceptors (Lipinski definition) is 4. The average molecular weight is 262 g/mol. The fraction of sp³-hybridized carbons (Fsp3) is 0.0833. The lowest BCUT2D eigenvalue weighted by Crippen LogP contribution is -2.08. The van der Waals surface area contributed by atoms with Gasteiger partial charge in [0, 0.05) is 5.39 Å². The van der Waals surface area contributed by atoms with Crippen molar-refractivity contribution in [2.24, 2.45) is 0 Å². The molecule has 0 saturated heterocycles. The topological polar surface area (TPSA) is 96.2 Å². The number of carboxylic acids is 1. The largest absolute Gasteiger partial charge is 0.481 e. The smallest absolute Gasteiger partial charge is 0.311 e. The molecule has 0 spiro atoms. The highest BCUT2D eigenvalue weighted by Gasteiger charge is 2.23. The molecule has 1 aromatic carbocycles. The highest BCUT2D eigenvalue weighted by molar-refractivity contribution is 5.93. The number of halogens is 1. The van der Waals surface area contributed by atoms with E-state index in [1.807, 2.05) is 0 Å². The second-order valence-electron chi connectivity index (χ2n) is 4.01. The fourth-order valence-electron chi connectivity index (χ4n) is 2.00. The zero-order valence-electron chi connectivity index (χ0n) is 9.44. The van der Waals surface area contributed by atoms with Crippen LogP contribution < -0.4 is 5.56 Å².